The van der Waals surface area contributed by atoms with Gasteiger partial charge in [0.15, 0.2) is 3.23 Å². The van der Waals surface area contributed by atoms with Crippen LogP contribution in [0, 0.1) is 0 Å². The number of nitrogens with zero attached hydrogens (tertiary/aromatic N) is 1. The van der Waals surface area contributed by atoms with Crippen LogP contribution in [0.1, 0.15) is 13.8 Å². The molecule has 0 N–H and O–H groups in total. The molecule has 2 rings (SSSR count). The molecule has 0 saturated carbocycles. The van der Waals surface area contributed by atoms with Crippen molar-refractivity contribution in [3.05, 3.63) is 0 Å². The summed E-state index contributed by atoms with van der Waals surface area (Å²) in [5, 5.41) is -0.126. The van der Waals surface area contributed by atoms with E-state index in [4.69, 9.17) is 8.05 Å². The topological polar surface area (TPSA) is 46.6 Å². The highest BCUT2D eigenvalue weighted by atomic mass is 79.9. The Morgan fingerprint density at radius 2 is 2.12 bits per heavy atom. The molecule has 0 spiro atoms. The molecule has 2 radical (unpaired) electrons. The fourth-order valence-corrected chi connectivity index (χ4v) is 4.93. The molecule has 2 atom stereocenters. The maximum atomic E-state index is 11.9. The first-order chi connectivity index (χ1) is 7.23. The summed E-state index contributed by atoms with van der Waals surface area (Å²) >= 11 is 8.15. The van der Waals surface area contributed by atoms with Crippen molar-refractivity contribution in [3.8, 4) is 0 Å². The number of rotatable bonds is 1. The van der Waals surface area contributed by atoms with Crippen LogP contribution in [-0.2, 0) is 14.2 Å². The summed E-state index contributed by atoms with van der Waals surface area (Å²) in [6, 6.07) is -0.636. The molecule has 0 aromatic carbocycles. The molecule has 2 saturated heterocycles. The third-order valence-electron chi connectivity index (χ3n) is 2.77. The molecule has 2 heterocycles. The molecule has 0 aromatic heterocycles. The van der Waals surface area contributed by atoms with Crippen molar-refractivity contribution in [3.63, 3.8) is 0 Å². The van der Waals surface area contributed by atoms with E-state index in [0.717, 1.165) is 0 Å². The zero-order valence-corrected chi connectivity index (χ0v) is 12.6. The minimum absolute atomic E-state index is 0.126. The van der Waals surface area contributed by atoms with E-state index in [2.05, 4.69) is 36.5 Å². The van der Waals surface area contributed by atoms with E-state index in [1.807, 2.05) is 13.8 Å². The minimum atomic E-state index is -0.772. The van der Waals surface area contributed by atoms with E-state index in [0.29, 0.717) is 0 Å². The highest BCUT2D eigenvalue weighted by Crippen LogP contribution is 2.60. The van der Waals surface area contributed by atoms with Crippen LogP contribution < -0.4 is 0 Å². The Hall–Kier alpha value is 0.315. The molecular formula is C8H8BBr2NO3S. The van der Waals surface area contributed by atoms with Gasteiger partial charge in [0.05, 0.1) is 0 Å². The van der Waals surface area contributed by atoms with E-state index < -0.39 is 20.0 Å². The van der Waals surface area contributed by atoms with E-state index >= 15 is 0 Å². The molecule has 1 amide bonds. The maximum Gasteiger partial charge on any atom is 0.378 e. The van der Waals surface area contributed by atoms with Gasteiger partial charge >= 0.3 is 14.0 Å². The predicted octanol–water partition coefficient (Wildman–Crippen LogP) is 1.16. The maximum absolute atomic E-state index is 11.9. The van der Waals surface area contributed by atoms with Crippen molar-refractivity contribution < 1.29 is 14.2 Å². The Kier molecular flexibility index (Phi) is 2.91. The standard InChI is InChI=1S/C8H8BBr2NO3S/c1-7(2)3(4(13)15-9)12-5(14)8(10,11)6(12)16-7/h3,6H,1-2H3. The number of carbonyl (C=O) groups excluding carboxylic acids is 2. The van der Waals surface area contributed by atoms with Crippen LogP contribution in [0.2, 0.25) is 0 Å². The smallest absolute Gasteiger partial charge is 0.378 e. The van der Waals surface area contributed by atoms with Crippen molar-refractivity contribution >= 4 is 63.5 Å². The second-order valence-corrected chi connectivity index (χ2v) is 9.55. The second-order valence-electron chi connectivity index (χ2n) is 4.25. The van der Waals surface area contributed by atoms with Gasteiger partial charge in [-0.3, -0.25) is 9.59 Å². The zero-order valence-electron chi connectivity index (χ0n) is 8.57. The molecule has 86 valence electrons. The van der Waals surface area contributed by atoms with Gasteiger partial charge in [-0.25, -0.2) is 0 Å². The normalized spacial score (nSPS) is 34.2. The van der Waals surface area contributed by atoms with Crippen LogP contribution in [0.4, 0.5) is 0 Å². The Balaban J connectivity index is 2.34. The lowest BCUT2D eigenvalue weighted by Crippen LogP contribution is -2.68. The van der Waals surface area contributed by atoms with Crippen LogP contribution in [-0.4, -0.2) is 44.2 Å². The molecule has 2 fully saturated rings. The number of β-lactam (4-membered cyclic amide) rings is 1. The summed E-state index contributed by atoms with van der Waals surface area (Å²) < 4.78 is 3.07. The first-order valence-electron chi connectivity index (χ1n) is 4.52. The van der Waals surface area contributed by atoms with Crippen molar-refractivity contribution in [1.82, 2.24) is 4.90 Å². The van der Waals surface area contributed by atoms with Crippen molar-refractivity contribution in [2.45, 2.75) is 33.2 Å². The number of hydrogen-bond donors (Lipinski definition) is 0. The summed E-state index contributed by atoms with van der Waals surface area (Å²) in [6.07, 6.45) is 0. The number of alkyl halides is 2. The number of carbonyl (C=O) groups is 2. The number of amides is 1. The zero-order chi connectivity index (χ0) is 12.3. The molecule has 2 unspecified atom stereocenters. The average molecular weight is 369 g/mol. The van der Waals surface area contributed by atoms with E-state index in [1.165, 1.54) is 16.7 Å². The number of thioether (sulfide) groups is 1. The molecule has 2 aliphatic rings. The van der Waals surface area contributed by atoms with Crippen molar-refractivity contribution in [1.29, 1.82) is 0 Å². The SMILES string of the molecule is [B]OC(=O)C1N2C(=O)C(Br)(Br)C2SC1(C)C. The van der Waals surface area contributed by atoms with Gasteiger partial charge in [-0.05, 0) is 13.8 Å². The molecule has 4 nitrogen and oxygen atoms in total. The van der Waals surface area contributed by atoms with Gasteiger partial charge in [0.1, 0.15) is 11.4 Å². The highest BCUT2D eigenvalue weighted by molar-refractivity contribution is 9.26. The minimum Gasteiger partial charge on any atom is -0.542 e. The molecule has 2 aliphatic heterocycles. The van der Waals surface area contributed by atoms with Gasteiger partial charge in [-0.1, -0.05) is 31.9 Å². The molecule has 16 heavy (non-hydrogen) atoms. The fourth-order valence-electron chi connectivity index (χ4n) is 2.03. The predicted molar refractivity (Wildman–Crippen MR) is 68.5 cm³/mol. The lowest BCUT2D eigenvalue weighted by atomic mass is 9.98. The summed E-state index contributed by atoms with van der Waals surface area (Å²) in [5.74, 6) is -0.755. The van der Waals surface area contributed by atoms with Gasteiger partial charge in [0, 0.05) is 4.75 Å². The molecule has 8 heteroatoms. The second kappa shape index (κ2) is 3.65. The summed E-state index contributed by atoms with van der Waals surface area (Å²) in [4.78, 5) is 24.9. The van der Waals surface area contributed by atoms with Gasteiger partial charge in [0.2, 0.25) is 0 Å². The van der Waals surface area contributed by atoms with Crippen molar-refractivity contribution in [2.75, 3.05) is 0 Å². The third-order valence-corrected chi connectivity index (χ3v) is 6.56. The van der Waals surface area contributed by atoms with Crippen LogP contribution in [0.3, 0.4) is 0 Å². The van der Waals surface area contributed by atoms with Crippen LogP contribution in [0.5, 0.6) is 0 Å². The largest absolute Gasteiger partial charge is 0.542 e. The van der Waals surface area contributed by atoms with Gasteiger partial charge in [-0.15, -0.1) is 11.8 Å². The first-order valence-corrected chi connectivity index (χ1v) is 6.99. The molecular weight excluding hydrogens is 361 g/mol. The Morgan fingerprint density at radius 3 is 2.62 bits per heavy atom. The first kappa shape index (κ1) is 12.8. The lowest BCUT2D eigenvalue weighted by Gasteiger charge is -2.46. The third kappa shape index (κ3) is 1.49. The molecule has 0 aromatic rings. The number of fused-ring (bicyclic) bond motifs is 1. The monoisotopic (exact) mass is 367 g/mol. The Labute approximate surface area is 116 Å². The van der Waals surface area contributed by atoms with E-state index in [-0.39, 0.29) is 11.3 Å². The lowest BCUT2D eigenvalue weighted by molar-refractivity contribution is -0.155. The van der Waals surface area contributed by atoms with E-state index in [1.54, 1.807) is 0 Å². The van der Waals surface area contributed by atoms with Crippen molar-refractivity contribution in [2.24, 2.45) is 0 Å². The quantitative estimate of drug-likeness (QED) is 0.396. The van der Waals surface area contributed by atoms with E-state index in [9.17, 15) is 9.59 Å². The summed E-state index contributed by atoms with van der Waals surface area (Å²) in [7, 11) is 4.90. The van der Waals surface area contributed by atoms with Gasteiger partial charge in [-0.2, -0.15) is 0 Å². The molecule has 0 aliphatic carbocycles. The Morgan fingerprint density at radius 1 is 1.56 bits per heavy atom. The number of halogens is 2. The van der Waals surface area contributed by atoms with Crippen LogP contribution in [0.25, 0.3) is 0 Å². The summed E-state index contributed by atoms with van der Waals surface area (Å²) in [5.41, 5.74) is 0. The van der Waals surface area contributed by atoms with Gasteiger partial charge in [0.25, 0.3) is 5.91 Å². The fraction of sp³-hybridized carbons (Fsp3) is 0.750. The van der Waals surface area contributed by atoms with Crippen LogP contribution in [0.15, 0.2) is 0 Å². The average Bonchev–Trinajstić information content (AvgIpc) is 2.47. The Bertz CT molecular complexity index is 376. The number of hydrogen-bond acceptors (Lipinski definition) is 4. The molecule has 0 bridgehead atoms. The highest BCUT2D eigenvalue weighted by Gasteiger charge is 2.69. The van der Waals surface area contributed by atoms with Crippen LogP contribution >= 0.6 is 43.6 Å². The van der Waals surface area contributed by atoms with Gasteiger partial charge < -0.3 is 9.55 Å². The summed E-state index contributed by atoms with van der Waals surface area (Å²) in [6.45, 7) is 3.78.